The van der Waals surface area contributed by atoms with Gasteiger partial charge in [-0.25, -0.2) is 14.8 Å². The molecule has 0 aliphatic heterocycles. The fourth-order valence-corrected chi connectivity index (χ4v) is 4.05. The highest BCUT2D eigenvalue weighted by Gasteiger charge is 2.19. The van der Waals surface area contributed by atoms with Crippen LogP contribution < -0.4 is 16.4 Å². The number of imide groups is 1. The molecule has 0 bridgehead atoms. The van der Waals surface area contributed by atoms with Crippen LogP contribution >= 0.6 is 23.1 Å². The predicted octanol–water partition coefficient (Wildman–Crippen LogP) is 3.72. The van der Waals surface area contributed by atoms with Crippen LogP contribution in [0.15, 0.2) is 34.8 Å². The average Bonchev–Trinajstić information content (AvgIpc) is 3.06. The van der Waals surface area contributed by atoms with Gasteiger partial charge < -0.3 is 11.1 Å². The minimum atomic E-state index is -0.575. The summed E-state index contributed by atoms with van der Waals surface area (Å²) in [6.45, 7) is 5.55. The van der Waals surface area contributed by atoms with Crippen LogP contribution in [0.25, 0.3) is 10.2 Å². The first-order valence-corrected chi connectivity index (χ1v) is 9.96. The topological polar surface area (TPSA) is 110 Å². The second-order valence-corrected chi connectivity index (χ2v) is 8.26. The number of amides is 3. The summed E-state index contributed by atoms with van der Waals surface area (Å²) in [5.41, 5.74) is 8.60. The molecule has 7 nitrogen and oxygen atoms in total. The number of aryl methyl sites for hydroxylation is 2. The molecular weight excluding hydrogens is 382 g/mol. The first-order chi connectivity index (χ1) is 12.8. The molecular formula is C18H19N5O2S2. The number of rotatable bonds is 4. The number of urea groups is 1. The van der Waals surface area contributed by atoms with Gasteiger partial charge in [0.25, 0.3) is 0 Å². The van der Waals surface area contributed by atoms with Gasteiger partial charge in [0.1, 0.15) is 10.6 Å². The molecule has 0 aliphatic carbocycles. The standard InChI is InChI=1S/C18H19N5O2S2/c1-9-4-5-13(10(2)8-9)20-17(25)22-15(24)11(3)27-18-21-14(19)12-6-7-26-16(12)23-18/h4-8,11H,1-3H3,(H2,19,21,23)(H2,20,22,24,25). The lowest BCUT2D eigenvalue weighted by Crippen LogP contribution is -2.39. The van der Waals surface area contributed by atoms with E-state index in [1.54, 1.807) is 13.0 Å². The molecule has 0 saturated carbocycles. The SMILES string of the molecule is Cc1ccc(NC(=O)NC(=O)C(C)Sc2nc(N)c3ccsc3n2)c(C)c1. The molecule has 0 aliphatic rings. The number of hydrogen-bond acceptors (Lipinski definition) is 7. The molecule has 140 valence electrons. The minimum absolute atomic E-state index is 0.379. The monoisotopic (exact) mass is 401 g/mol. The van der Waals surface area contributed by atoms with E-state index in [4.69, 9.17) is 5.73 Å². The number of anilines is 2. The number of thioether (sulfide) groups is 1. The van der Waals surface area contributed by atoms with E-state index in [0.717, 1.165) is 33.1 Å². The lowest BCUT2D eigenvalue weighted by Gasteiger charge is -2.13. The molecule has 0 fully saturated rings. The summed E-state index contributed by atoms with van der Waals surface area (Å²) in [6.07, 6.45) is 0. The Morgan fingerprint density at radius 2 is 2.00 bits per heavy atom. The number of nitrogen functional groups attached to an aromatic ring is 1. The van der Waals surface area contributed by atoms with E-state index in [1.165, 1.54) is 11.3 Å². The molecule has 3 aromatic rings. The number of carbonyl (C=O) groups excluding carboxylic acids is 2. The van der Waals surface area contributed by atoms with Crippen molar-refractivity contribution >= 4 is 56.8 Å². The van der Waals surface area contributed by atoms with E-state index in [0.29, 0.717) is 16.7 Å². The molecule has 1 unspecified atom stereocenters. The van der Waals surface area contributed by atoms with Gasteiger partial charge >= 0.3 is 6.03 Å². The lowest BCUT2D eigenvalue weighted by atomic mass is 10.1. The number of benzene rings is 1. The fraction of sp³-hybridized carbons (Fsp3) is 0.222. The summed E-state index contributed by atoms with van der Waals surface area (Å²) in [7, 11) is 0. The molecule has 0 spiro atoms. The zero-order valence-corrected chi connectivity index (χ0v) is 16.7. The second kappa shape index (κ2) is 7.93. The van der Waals surface area contributed by atoms with Gasteiger partial charge in [0.05, 0.1) is 10.6 Å². The third-order valence-electron chi connectivity index (χ3n) is 3.85. The van der Waals surface area contributed by atoms with Crippen molar-refractivity contribution in [1.29, 1.82) is 0 Å². The maximum atomic E-state index is 12.3. The number of hydrogen-bond donors (Lipinski definition) is 3. The number of carbonyl (C=O) groups is 2. The molecule has 9 heteroatoms. The van der Waals surface area contributed by atoms with Crippen LogP contribution in [0.5, 0.6) is 0 Å². The zero-order valence-electron chi connectivity index (χ0n) is 15.1. The Labute approximate surface area is 164 Å². The van der Waals surface area contributed by atoms with Crippen LogP contribution in [0.1, 0.15) is 18.1 Å². The molecule has 2 aromatic heterocycles. The summed E-state index contributed by atoms with van der Waals surface area (Å²) in [4.78, 5) is 33.8. The number of aromatic nitrogens is 2. The van der Waals surface area contributed by atoms with Crippen molar-refractivity contribution in [3.05, 3.63) is 40.8 Å². The number of fused-ring (bicyclic) bond motifs is 1. The molecule has 3 rings (SSSR count). The van der Waals surface area contributed by atoms with E-state index < -0.39 is 17.2 Å². The van der Waals surface area contributed by atoms with E-state index >= 15 is 0 Å². The number of nitrogens with zero attached hydrogens (tertiary/aromatic N) is 2. The summed E-state index contributed by atoms with van der Waals surface area (Å²) >= 11 is 2.61. The Hall–Kier alpha value is -2.65. The van der Waals surface area contributed by atoms with Gasteiger partial charge in [0, 0.05) is 5.69 Å². The first-order valence-electron chi connectivity index (χ1n) is 8.20. The maximum Gasteiger partial charge on any atom is 0.325 e. The third kappa shape index (κ3) is 4.55. The molecule has 4 N–H and O–H groups in total. The van der Waals surface area contributed by atoms with Crippen molar-refractivity contribution in [2.24, 2.45) is 0 Å². The number of nitrogens with one attached hydrogen (secondary N) is 2. The Balaban J connectivity index is 1.61. The van der Waals surface area contributed by atoms with Gasteiger partial charge in [0.2, 0.25) is 5.91 Å². The smallest absolute Gasteiger partial charge is 0.325 e. The Morgan fingerprint density at radius 3 is 2.74 bits per heavy atom. The summed E-state index contributed by atoms with van der Waals surface area (Å²) in [6, 6.07) is 6.94. The van der Waals surface area contributed by atoms with Crippen molar-refractivity contribution in [3.8, 4) is 0 Å². The Kier molecular flexibility index (Phi) is 5.62. The van der Waals surface area contributed by atoms with Gasteiger partial charge in [-0.3, -0.25) is 10.1 Å². The average molecular weight is 402 g/mol. The largest absolute Gasteiger partial charge is 0.383 e. The predicted molar refractivity (Wildman–Crippen MR) is 110 cm³/mol. The molecule has 1 aromatic carbocycles. The van der Waals surface area contributed by atoms with Gasteiger partial charge in [-0.05, 0) is 43.8 Å². The summed E-state index contributed by atoms with van der Waals surface area (Å²) < 4.78 is 0. The first kappa shape index (κ1) is 19.1. The van der Waals surface area contributed by atoms with E-state index in [2.05, 4.69) is 20.6 Å². The molecule has 2 heterocycles. The van der Waals surface area contributed by atoms with Crippen LogP contribution in [0.2, 0.25) is 0 Å². The van der Waals surface area contributed by atoms with Crippen molar-refractivity contribution in [3.63, 3.8) is 0 Å². The highest BCUT2D eigenvalue weighted by atomic mass is 32.2. The minimum Gasteiger partial charge on any atom is -0.383 e. The van der Waals surface area contributed by atoms with E-state index in [1.807, 2.05) is 37.4 Å². The van der Waals surface area contributed by atoms with Gasteiger partial charge in [0.15, 0.2) is 5.16 Å². The fourth-order valence-electron chi connectivity index (χ4n) is 2.44. The second-order valence-electron chi connectivity index (χ2n) is 6.05. The molecule has 27 heavy (non-hydrogen) atoms. The normalized spacial score (nSPS) is 12.0. The van der Waals surface area contributed by atoms with Crippen LogP contribution in [-0.2, 0) is 4.79 Å². The molecule has 0 radical (unpaired) electrons. The van der Waals surface area contributed by atoms with Gasteiger partial charge in [-0.1, -0.05) is 29.5 Å². The quantitative estimate of drug-likeness (QED) is 0.454. The molecule has 1 atom stereocenters. The number of nitrogens with two attached hydrogens (primary N) is 1. The van der Waals surface area contributed by atoms with Crippen molar-refractivity contribution < 1.29 is 9.59 Å². The Bertz CT molecular complexity index is 1020. The lowest BCUT2D eigenvalue weighted by molar-refractivity contribution is -0.119. The third-order valence-corrected chi connectivity index (χ3v) is 5.62. The molecule has 0 saturated heterocycles. The summed E-state index contributed by atoms with van der Waals surface area (Å²) in [5, 5.41) is 7.56. The van der Waals surface area contributed by atoms with Gasteiger partial charge in [-0.15, -0.1) is 11.3 Å². The van der Waals surface area contributed by atoms with E-state index in [9.17, 15) is 9.59 Å². The maximum absolute atomic E-state index is 12.3. The van der Waals surface area contributed by atoms with Crippen LogP contribution in [0, 0.1) is 13.8 Å². The van der Waals surface area contributed by atoms with Crippen LogP contribution in [0.3, 0.4) is 0 Å². The summed E-state index contributed by atoms with van der Waals surface area (Å²) in [5.74, 6) is -0.0559. The van der Waals surface area contributed by atoms with Crippen LogP contribution in [-0.4, -0.2) is 27.2 Å². The highest BCUT2D eigenvalue weighted by molar-refractivity contribution is 8.00. The molecule has 3 amide bonds. The van der Waals surface area contributed by atoms with Crippen molar-refractivity contribution in [2.75, 3.05) is 11.1 Å². The van der Waals surface area contributed by atoms with Gasteiger partial charge in [-0.2, -0.15) is 0 Å². The highest BCUT2D eigenvalue weighted by Crippen LogP contribution is 2.28. The van der Waals surface area contributed by atoms with Crippen molar-refractivity contribution in [1.82, 2.24) is 15.3 Å². The van der Waals surface area contributed by atoms with Crippen LogP contribution in [0.4, 0.5) is 16.3 Å². The van der Waals surface area contributed by atoms with E-state index in [-0.39, 0.29) is 0 Å². The van der Waals surface area contributed by atoms with Crippen molar-refractivity contribution in [2.45, 2.75) is 31.2 Å². The zero-order chi connectivity index (χ0) is 19.6. The number of thiophene rings is 1. The Morgan fingerprint density at radius 1 is 1.22 bits per heavy atom.